The molecule has 2 amide bonds. The Labute approximate surface area is 242 Å². The molecule has 4 aromatic carbocycles. The third-order valence-corrected chi connectivity index (χ3v) is 8.57. The van der Waals surface area contributed by atoms with Crippen LogP contribution in [0, 0.1) is 6.92 Å². The van der Waals surface area contributed by atoms with E-state index in [1.54, 1.807) is 30.0 Å². The number of carbonyl (C=O) groups excluding carboxylic acids is 2. The Morgan fingerprint density at radius 2 is 1.60 bits per heavy atom. The van der Waals surface area contributed by atoms with Crippen molar-refractivity contribution < 1.29 is 9.59 Å². The molecular weight excluding hydrogens is 541 g/mol. The van der Waals surface area contributed by atoms with E-state index >= 15 is 0 Å². The van der Waals surface area contributed by atoms with Gasteiger partial charge in [-0.1, -0.05) is 95.5 Å². The molecule has 0 saturated heterocycles. The van der Waals surface area contributed by atoms with E-state index in [0.29, 0.717) is 16.3 Å². The van der Waals surface area contributed by atoms with Crippen LogP contribution in [0.4, 0.5) is 5.69 Å². The van der Waals surface area contributed by atoms with Crippen molar-refractivity contribution >= 4 is 51.6 Å². The van der Waals surface area contributed by atoms with Gasteiger partial charge in [-0.25, -0.2) is 0 Å². The number of amides is 2. The number of anilines is 1. The second kappa shape index (κ2) is 10.2. The van der Waals surface area contributed by atoms with E-state index in [0.717, 1.165) is 38.9 Å². The molecule has 1 aromatic heterocycles. The van der Waals surface area contributed by atoms with Gasteiger partial charge in [-0.15, -0.1) is 0 Å². The number of aryl methyl sites for hydroxylation is 2. The molecule has 40 heavy (non-hydrogen) atoms. The Kier molecular flexibility index (Phi) is 6.65. The lowest BCUT2D eigenvalue weighted by Gasteiger charge is -2.31. The Morgan fingerprint density at radius 3 is 2.38 bits per heavy atom. The lowest BCUT2D eigenvalue weighted by molar-refractivity contribution is -0.120. The highest BCUT2D eigenvalue weighted by Crippen LogP contribution is 2.47. The van der Waals surface area contributed by atoms with Gasteiger partial charge in [0.15, 0.2) is 0 Å². The van der Waals surface area contributed by atoms with E-state index in [-0.39, 0.29) is 16.8 Å². The summed E-state index contributed by atoms with van der Waals surface area (Å²) < 4.78 is 2.18. The van der Waals surface area contributed by atoms with Crippen LogP contribution in [0.5, 0.6) is 0 Å². The number of hydrogen-bond acceptors (Lipinski definition) is 2. The number of aromatic nitrogens is 1. The molecule has 6 rings (SSSR count). The van der Waals surface area contributed by atoms with Crippen molar-refractivity contribution in [1.29, 1.82) is 0 Å². The van der Waals surface area contributed by atoms with Crippen LogP contribution >= 0.6 is 23.2 Å². The maximum absolute atomic E-state index is 14.0. The van der Waals surface area contributed by atoms with Crippen molar-refractivity contribution in [1.82, 2.24) is 9.47 Å². The van der Waals surface area contributed by atoms with Gasteiger partial charge in [0, 0.05) is 29.1 Å². The van der Waals surface area contributed by atoms with Crippen molar-refractivity contribution in [2.24, 2.45) is 7.05 Å². The first-order valence-electron chi connectivity index (χ1n) is 13.1. The molecule has 5 nitrogen and oxygen atoms in total. The Hall–Kier alpha value is -4.06. The molecule has 0 spiro atoms. The summed E-state index contributed by atoms with van der Waals surface area (Å²) in [7, 11) is 2.05. The van der Waals surface area contributed by atoms with Crippen LogP contribution in [0.1, 0.15) is 40.0 Å². The van der Waals surface area contributed by atoms with Gasteiger partial charge < -0.3 is 14.8 Å². The van der Waals surface area contributed by atoms with Crippen LogP contribution in [0.2, 0.25) is 10.0 Å². The minimum Gasteiger partial charge on any atom is -0.343 e. The fourth-order valence-electron chi connectivity index (χ4n) is 5.75. The molecule has 2 heterocycles. The third-order valence-electron chi connectivity index (χ3n) is 7.75. The van der Waals surface area contributed by atoms with Gasteiger partial charge >= 0.3 is 0 Å². The van der Waals surface area contributed by atoms with Crippen molar-refractivity contribution in [3.63, 3.8) is 0 Å². The second-order valence-corrected chi connectivity index (χ2v) is 11.0. The molecule has 1 aliphatic heterocycles. The maximum Gasteiger partial charge on any atom is 0.255 e. The standard InChI is InChI=1S/C33H27Cl2N3O2/c1-19-15-17-21(18-16-19)30-28(24-11-6-7-14-27(24)37(30)3)31-22-9-4-5-10-23(22)33(40)38(31)20(2)32(39)36-26-13-8-12-25(34)29(26)35/h4-18,20,31H,1-3H3,(H,36,39). The SMILES string of the molecule is Cc1ccc(-c2c(C3c4ccccc4C(=O)N3C(C)C(=O)Nc3cccc(Cl)c3Cl)c3ccccc3n2C)cc1. The predicted octanol–water partition coefficient (Wildman–Crippen LogP) is 8.03. The van der Waals surface area contributed by atoms with Crippen molar-refractivity contribution in [3.05, 3.63) is 123 Å². The summed E-state index contributed by atoms with van der Waals surface area (Å²) in [6.45, 7) is 3.81. The van der Waals surface area contributed by atoms with Gasteiger partial charge in [0.2, 0.25) is 5.91 Å². The molecule has 2 atom stereocenters. The van der Waals surface area contributed by atoms with Gasteiger partial charge in [0.25, 0.3) is 5.91 Å². The van der Waals surface area contributed by atoms with Crippen LogP contribution in [-0.2, 0) is 11.8 Å². The van der Waals surface area contributed by atoms with E-state index in [4.69, 9.17) is 23.2 Å². The first kappa shape index (κ1) is 26.2. The normalized spacial score (nSPS) is 15.4. The molecule has 5 aromatic rings. The smallest absolute Gasteiger partial charge is 0.255 e. The number of nitrogens with zero attached hydrogens (tertiary/aromatic N) is 2. The number of rotatable bonds is 5. The zero-order valence-electron chi connectivity index (χ0n) is 22.3. The highest BCUT2D eigenvalue weighted by Gasteiger charge is 2.44. The topological polar surface area (TPSA) is 54.3 Å². The van der Waals surface area contributed by atoms with E-state index in [2.05, 4.69) is 53.2 Å². The summed E-state index contributed by atoms with van der Waals surface area (Å²) >= 11 is 12.6. The first-order chi connectivity index (χ1) is 19.3. The number of fused-ring (bicyclic) bond motifs is 2. The molecule has 2 unspecified atom stereocenters. The number of nitrogens with one attached hydrogen (secondary N) is 1. The van der Waals surface area contributed by atoms with Crippen LogP contribution < -0.4 is 5.32 Å². The molecule has 0 saturated carbocycles. The summed E-state index contributed by atoms with van der Waals surface area (Å²) in [4.78, 5) is 29.4. The summed E-state index contributed by atoms with van der Waals surface area (Å²) in [5.41, 5.74) is 7.11. The minimum atomic E-state index is -0.815. The van der Waals surface area contributed by atoms with Gasteiger partial charge in [-0.05, 0) is 49.2 Å². The quantitative estimate of drug-likeness (QED) is 0.233. The van der Waals surface area contributed by atoms with Gasteiger partial charge in [-0.3, -0.25) is 9.59 Å². The van der Waals surface area contributed by atoms with Gasteiger partial charge in [0.05, 0.1) is 27.5 Å². The fraction of sp³-hybridized carbons (Fsp3) is 0.152. The molecule has 0 fully saturated rings. The average Bonchev–Trinajstić information content (AvgIpc) is 3.42. The molecule has 1 N–H and O–H groups in total. The summed E-state index contributed by atoms with van der Waals surface area (Å²) in [6, 6.07) is 28.0. The average molecular weight is 569 g/mol. The van der Waals surface area contributed by atoms with E-state index in [1.807, 2.05) is 43.4 Å². The van der Waals surface area contributed by atoms with Crippen LogP contribution in [0.3, 0.4) is 0 Å². The van der Waals surface area contributed by atoms with Gasteiger partial charge in [0.1, 0.15) is 6.04 Å². The summed E-state index contributed by atoms with van der Waals surface area (Å²) in [6.07, 6.45) is 0. The van der Waals surface area contributed by atoms with Crippen LogP contribution in [0.25, 0.3) is 22.2 Å². The van der Waals surface area contributed by atoms with Crippen molar-refractivity contribution in [2.45, 2.75) is 25.9 Å². The van der Waals surface area contributed by atoms with E-state index in [1.165, 1.54) is 0 Å². The molecule has 0 aliphatic carbocycles. The number of halogens is 2. The molecular formula is C33H27Cl2N3O2. The molecule has 1 aliphatic rings. The molecule has 7 heteroatoms. The van der Waals surface area contributed by atoms with Gasteiger partial charge in [-0.2, -0.15) is 0 Å². The Bertz CT molecular complexity index is 1790. The lowest BCUT2D eigenvalue weighted by atomic mass is 9.92. The van der Waals surface area contributed by atoms with E-state index < -0.39 is 12.1 Å². The summed E-state index contributed by atoms with van der Waals surface area (Å²) in [5.74, 6) is -0.546. The number of carbonyl (C=O) groups is 2. The monoisotopic (exact) mass is 567 g/mol. The summed E-state index contributed by atoms with van der Waals surface area (Å²) in [5, 5.41) is 4.52. The minimum absolute atomic E-state index is 0.191. The van der Waals surface area contributed by atoms with Crippen LogP contribution in [-0.4, -0.2) is 27.3 Å². The second-order valence-electron chi connectivity index (χ2n) is 10.2. The highest BCUT2D eigenvalue weighted by atomic mass is 35.5. The molecule has 0 bridgehead atoms. The third kappa shape index (κ3) is 4.17. The maximum atomic E-state index is 14.0. The molecule has 200 valence electrons. The first-order valence-corrected chi connectivity index (χ1v) is 13.8. The fourth-order valence-corrected chi connectivity index (χ4v) is 6.10. The predicted molar refractivity (Wildman–Crippen MR) is 162 cm³/mol. The number of hydrogen-bond donors (Lipinski definition) is 1. The zero-order chi connectivity index (χ0) is 28.1. The zero-order valence-corrected chi connectivity index (χ0v) is 23.8. The lowest BCUT2D eigenvalue weighted by Crippen LogP contribution is -2.44. The molecule has 0 radical (unpaired) electrons. The number of benzene rings is 4. The number of para-hydroxylation sites is 1. The van der Waals surface area contributed by atoms with Crippen molar-refractivity contribution in [3.8, 4) is 11.3 Å². The Balaban J connectivity index is 1.54. The Morgan fingerprint density at radius 1 is 0.900 bits per heavy atom. The van der Waals surface area contributed by atoms with Crippen LogP contribution in [0.15, 0.2) is 91.0 Å². The van der Waals surface area contributed by atoms with E-state index in [9.17, 15) is 9.59 Å². The largest absolute Gasteiger partial charge is 0.343 e. The van der Waals surface area contributed by atoms with Crippen molar-refractivity contribution in [2.75, 3.05) is 5.32 Å². The highest BCUT2D eigenvalue weighted by molar-refractivity contribution is 6.44.